The van der Waals surface area contributed by atoms with Crippen molar-refractivity contribution in [1.29, 1.82) is 0 Å². The minimum atomic E-state index is -0.0493. The molecule has 0 saturated carbocycles. The Balaban J connectivity index is 1.44. The summed E-state index contributed by atoms with van der Waals surface area (Å²) in [5.41, 5.74) is 1.79. The number of aromatic nitrogens is 3. The monoisotopic (exact) mass is 366 g/mol. The number of benzene rings is 1. The Morgan fingerprint density at radius 1 is 1.15 bits per heavy atom. The highest BCUT2D eigenvalue weighted by Crippen LogP contribution is 2.20. The molecule has 0 radical (unpaired) electrons. The molecule has 3 aromatic rings. The molecule has 0 aliphatic carbocycles. The van der Waals surface area contributed by atoms with E-state index in [0.29, 0.717) is 44.1 Å². The van der Waals surface area contributed by atoms with Crippen LogP contribution in [-0.2, 0) is 17.6 Å². The molecule has 7 heteroatoms. The molecule has 2 heterocycles. The standard InChI is InChI=1S/C20H22N4O3/c1-2-26-17-8-6-15(7-9-17)20-23-19(27-24-20)11-10-18(25)22-14-12-16-5-3-4-13-21-16/h3-9,13H,2,10-12,14H2,1H3,(H,22,25). The number of pyridine rings is 1. The lowest BCUT2D eigenvalue weighted by atomic mass is 10.2. The first kappa shape index (κ1) is 18.6. The number of carbonyl (C=O) groups excluding carboxylic acids is 1. The van der Waals surface area contributed by atoms with Gasteiger partial charge in [0.2, 0.25) is 17.6 Å². The fourth-order valence-electron chi connectivity index (χ4n) is 2.53. The van der Waals surface area contributed by atoms with E-state index < -0.39 is 0 Å². The Morgan fingerprint density at radius 2 is 2.00 bits per heavy atom. The first-order valence-corrected chi connectivity index (χ1v) is 8.97. The number of hydrogen-bond donors (Lipinski definition) is 1. The lowest BCUT2D eigenvalue weighted by Crippen LogP contribution is -2.26. The van der Waals surface area contributed by atoms with Gasteiger partial charge in [-0.2, -0.15) is 4.98 Å². The van der Waals surface area contributed by atoms with Gasteiger partial charge in [-0.15, -0.1) is 0 Å². The van der Waals surface area contributed by atoms with Crippen LogP contribution in [0.5, 0.6) is 5.75 Å². The first-order chi connectivity index (χ1) is 13.2. The Hall–Kier alpha value is -3.22. The lowest BCUT2D eigenvalue weighted by molar-refractivity contribution is -0.121. The molecule has 7 nitrogen and oxygen atoms in total. The number of nitrogens with one attached hydrogen (secondary N) is 1. The molecular formula is C20H22N4O3. The molecule has 2 aromatic heterocycles. The zero-order chi connectivity index (χ0) is 18.9. The third kappa shape index (κ3) is 5.64. The van der Waals surface area contributed by atoms with E-state index >= 15 is 0 Å². The molecule has 0 saturated heterocycles. The van der Waals surface area contributed by atoms with Crippen molar-refractivity contribution in [3.63, 3.8) is 0 Å². The van der Waals surface area contributed by atoms with Crippen LogP contribution in [0.1, 0.15) is 24.9 Å². The fraction of sp³-hybridized carbons (Fsp3) is 0.300. The van der Waals surface area contributed by atoms with E-state index in [1.807, 2.05) is 49.4 Å². The van der Waals surface area contributed by atoms with Crippen LogP contribution in [0.2, 0.25) is 0 Å². The Kier molecular flexibility index (Phi) is 6.51. The molecule has 1 N–H and O–H groups in total. The van der Waals surface area contributed by atoms with Crippen molar-refractivity contribution >= 4 is 5.91 Å². The van der Waals surface area contributed by atoms with Crippen LogP contribution in [0.4, 0.5) is 0 Å². The van der Waals surface area contributed by atoms with Crippen molar-refractivity contribution in [1.82, 2.24) is 20.4 Å². The van der Waals surface area contributed by atoms with Crippen molar-refractivity contribution in [3.05, 3.63) is 60.2 Å². The van der Waals surface area contributed by atoms with Gasteiger partial charge >= 0.3 is 0 Å². The summed E-state index contributed by atoms with van der Waals surface area (Å²) >= 11 is 0. The SMILES string of the molecule is CCOc1ccc(-c2noc(CCC(=O)NCCc3ccccn3)n2)cc1. The van der Waals surface area contributed by atoms with Crippen molar-refractivity contribution in [2.75, 3.05) is 13.2 Å². The van der Waals surface area contributed by atoms with Gasteiger partial charge in [-0.3, -0.25) is 9.78 Å². The van der Waals surface area contributed by atoms with Gasteiger partial charge in [0.15, 0.2) is 0 Å². The maximum absolute atomic E-state index is 11.9. The topological polar surface area (TPSA) is 90.1 Å². The van der Waals surface area contributed by atoms with Crippen molar-refractivity contribution in [3.8, 4) is 17.1 Å². The Labute approximate surface area is 157 Å². The summed E-state index contributed by atoms with van der Waals surface area (Å²) in [5, 5.41) is 6.85. The van der Waals surface area contributed by atoms with Gasteiger partial charge in [0.25, 0.3) is 0 Å². The van der Waals surface area contributed by atoms with Gasteiger partial charge in [-0.1, -0.05) is 11.2 Å². The summed E-state index contributed by atoms with van der Waals surface area (Å²) in [6, 6.07) is 13.2. The molecule has 0 aliphatic heterocycles. The summed E-state index contributed by atoms with van der Waals surface area (Å²) in [4.78, 5) is 20.5. The second-order valence-electron chi connectivity index (χ2n) is 5.89. The molecule has 0 unspecified atom stereocenters. The van der Waals surface area contributed by atoms with Crippen molar-refractivity contribution in [2.45, 2.75) is 26.2 Å². The van der Waals surface area contributed by atoms with Crippen LogP contribution in [-0.4, -0.2) is 34.2 Å². The van der Waals surface area contributed by atoms with Gasteiger partial charge in [-0.05, 0) is 43.3 Å². The quantitative estimate of drug-likeness (QED) is 0.626. The number of ether oxygens (including phenoxy) is 1. The van der Waals surface area contributed by atoms with Crippen LogP contribution in [0, 0.1) is 0 Å². The van der Waals surface area contributed by atoms with Gasteiger partial charge in [0, 0.05) is 43.3 Å². The van der Waals surface area contributed by atoms with Crippen molar-refractivity contribution in [2.24, 2.45) is 0 Å². The number of carbonyl (C=O) groups is 1. The number of amides is 1. The van der Waals surface area contributed by atoms with E-state index in [9.17, 15) is 4.79 Å². The fourth-order valence-corrected chi connectivity index (χ4v) is 2.53. The molecule has 0 atom stereocenters. The zero-order valence-electron chi connectivity index (χ0n) is 15.2. The highest BCUT2D eigenvalue weighted by Gasteiger charge is 2.11. The van der Waals surface area contributed by atoms with Crippen LogP contribution >= 0.6 is 0 Å². The predicted octanol–water partition coefficient (Wildman–Crippen LogP) is 2.82. The van der Waals surface area contributed by atoms with Gasteiger partial charge in [-0.25, -0.2) is 0 Å². The van der Waals surface area contributed by atoms with E-state index in [0.717, 1.165) is 17.0 Å². The predicted molar refractivity (Wildman–Crippen MR) is 100 cm³/mol. The van der Waals surface area contributed by atoms with Crippen LogP contribution in [0.15, 0.2) is 53.2 Å². The second kappa shape index (κ2) is 9.47. The summed E-state index contributed by atoms with van der Waals surface area (Å²) in [5.74, 6) is 1.70. The highest BCUT2D eigenvalue weighted by molar-refractivity contribution is 5.76. The van der Waals surface area contributed by atoms with Gasteiger partial charge < -0.3 is 14.6 Å². The summed E-state index contributed by atoms with van der Waals surface area (Å²) in [6.45, 7) is 3.11. The summed E-state index contributed by atoms with van der Waals surface area (Å²) in [6.07, 6.45) is 3.15. The minimum absolute atomic E-state index is 0.0493. The largest absolute Gasteiger partial charge is 0.494 e. The minimum Gasteiger partial charge on any atom is -0.494 e. The Bertz CT molecular complexity index is 847. The average molecular weight is 366 g/mol. The highest BCUT2D eigenvalue weighted by atomic mass is 16.5. The maximum Gasteiger partial charge on any atom is 0.227 e. The third-order valence-electron chi connectivity index (χ3n) is 3.89. The van der Waals surface area contributed by atoms with E-state index in [2.05, 4.69) is 20.4 Å². The molecule has 0 fully saturated rings. The molecule has 1 aromatic carbocycles. The summed E-state index contributed by atoms with van der Waals surface area (Å²) in [7, 11) is 0. The van der Waals surface area contributed by atoms with E-state index in [1.165, 1.54) is 0 Å². The molecule has 1 amide bonds. The smallest absolute Gasteiger partial charge is 0.227 e. The molecule has 0 spiro atoms. The van der Waals surface area contributed by atoms with Gasteiger partial charge in [0.1, 0.15) is 5.75 Å². The van der Waals surface area contributed by atoms with Gasteiger partial charge in [0.05, 0.1) is 6.61 Å². The molecule has 140 valence electrons. The molecule has 27 heavy (non-hydrogen) atoms. The maximum atomic E-state index is 11.9. The Morgan fingerprint density at radius 3 is 2.74 bits per heavy atom. The normalized spacial score (nSPS) is 10.6. The second-order valence-corrected chi connectivity index (χ2v) is 5.89. The molecular weight excluding hydrogens is 344 g/mol. The summed E-state index contributed by atoms with van der Waals surface area (Å²) < 4.78 is 10.7. The molecule has 3 rings (SSSR count). The number of aryl methyl sites for hydroxylation is 1. The average Bonchev–Trinajstić information content (AvgIpc) is 3.17. The first-order valence-electron chi connectivity index (χ1n) is 8.97. The van der Waals surface area contributed by atoms with Crippen LogP contribution in [0.3, 0.4) is 0 Å². The molecule has 0 aliphatic rings. The number of nitrogens with zero attached hydrogens (tertiary/aromatic N) is 3. The van der Waals surface area contributed by atoms with E-state index in [4.69, 9.17) is 9.26 Å². The zero-order valence-corrected chi connectivity index (χ0v) is 15.2. The van der Waals surface area contributed by atoms with E-state index in [1.54, 1.807) is 6.20 Å². The molecule has 0 bridgehead atoms. The van der Waals surface area contributed by atoms with Crippen molar-refractivity contribution < 1.29 is 14.1 Å². The number of hydrogen-bond acceptors (Lipinski definition) is 6. The number of rotatable bonds is 9. The van der Waals surface area contributed by atoms with Crippen LogP contribution < -0.4 is 10.1 Å². The third-order valence-corrected chi connectivity index (χ3v) is 3.89. The van der Waals surface area contributed by atoms with Crippen LogP contribution in [0.25, 0.3) is 11.4 Å². The lowest BCUT2D eigenvalue weighted by Gasteiger charge is -2.03. The van der Waals surface area contributed by atoms with E-state index in [-0.39, 0.29) is 5.91 Å².